The first-order valence-electron chi connectivity index (χ1n) is 24.7. The number of allylic oxidation sites excluding steroid dienone is 6. The summed E-state index contributed by atoms with van der Waals surface area (Å²) in [6, 6.07) is 18.0. The molecule has 0 atom stereocenters. The van der Waals surface area contributed by atoms with Crippen molar-refractivity contribution >= 4 is 50.9 Å². The second-order valence-electron chi connectivity index (χ2n) is 18.7. The molecule has 0 radical (unpaired) electrons. The fourth-order valence-corrected chi connectivity index (χ4v) is 8.66. The summed E-state index contributed by atoms with van der Waals surface area (Å²) >= 11 is 0. The molecule has 9 N–H and O–H groups in total. The molecule has 18 nitrogen and oxygen atoms in total. The van der Waals surface area contributed by atoms with Crippen LogP contribution in [-0.4, -0.2) is 95.4 Å². The summed E-state index contributed by atoms with van der Waals surface area (Å²) in [5.74, 6) is 0.821. The van der Waals surface area contributed by atoms with E-state index in [1.54, 1.807) is 20.8 Å². The number of hydrogen-bond donors (Lipinski definition) is 6. The van der Waals surface area contributed by atoms with Crippen molar-refractivity contribution in [1.29, 1.82) is 0 Å². The van der Waals surface area contributed by atoms with E-state index < -0.39 is 0 Å². The Morgan fingerprint density at radius 2 is 0.747 bits per heavy atom. The molecule has 0 aliphatic heterocycles. The van der Waals surface area contributed by atoms with Gasteiger partial charge >= 0.3 is 16.7 Å². The molecule has 0 spiro atoms. The van der Waals surface area contributed by atoms with Crippen LogP contribution in [0.1, 0.15) is 88.3 Å². The first kappa shape index (κ1) is 58.9. The average Bonchev–Trinajstić information content (AvgIpc) is 4.28. The predicted molar refractivity (Wildman–Crippen MR) is 302 cm³/mol. The molecule has 0 aliphatic rings. The van der Waals surface area contributed by atoms with Crippen LogP contribution in [0.2, 0.25) is 0 Å². The van der Waals surface area contributed by atoms with Gasteiger partial charge in [0.05, 0.1) is 37.9 Å². The van der Waals surface area contributed by atoms with E-state index in [1.807, 2.05) is 130 Å². The number of hydrogen-bond acceptors (Lipinski definition) is 9. The van der Waals surface area contributed by atoms with Crippen LogP contribution < -0.4 is 30.9 Å². The second kappa shape index (κ2) is 25.7. The largest absolute Gasteiger partial charge is 0.480 e. The van der Waals surface area contributed by atoms with Crippen molar-refractivity contribution in [3.05, 3.63) is 212 Å². The molecule has 0 aliphatic carbocycles. The molecule has 0 saturated carbocycles. The van der Waals surface area contributed by atoms with Crippen molar-refractivity contribution < 1.29 is 61.3 Å². The van der Waals surface area contributed by atoms with Crippen LogP contribution in [0.15, 0.2) is 128 Å². The van der Waals surface area contributed by atoms with Crippen LogP contribution >= 0.6 is 0 Å². The number of rotatable bonds is 15. The Morgan fingerprint density at radius 3 is 0.975 bits per heavy atom. The zero-order chi connectivity index (χ0) is 56.5. The minimum atomic E-state index is -0.300. The summed E-state index contributed by atoms with van der Waals surface area (Å²) in [5, 5.41) is 33.9. The molecular weight excluding hydrogens is 1050 g/mol. The van der Waals surface area contributed by atoms with E-state index in [0.717, 1.165) is 97.0 Å². The minimum Gasteiger partial charge on any atom is -0.480 e. The molecule has 19 heteroatoms. The van der Waals surface area contributed by atoms with Gasteiger partial charge in [-0.05, 0) is 74.9 Å². The second-order valence-corrected chi connectivity index (χ2v) is 18.7. The Hall–Kier alpha value is -9.32. The molecule has 0 amide bonds. The predicted octanol–water partition coefficient (Wildman–Crippen LogP) is 9.31. The van der Waals surface area contributed by atoms with Gasteiger partial charge in [0, 0.05) is 71.1 Å². The van der Waals surface area contributed by atoms with Gasteiger partial charge in [-0.1, -0.05) is 142 Å². The normalized spacial score (nSPS) is 11.2. The van der Waals surface area contributed by atoms with Crippen LogP contribution in [0, 0.1) is 20.8 Å². The van der Waals surface area contributed by atoms with Gasteiger partial charge in [-0.2, -0.15) is 0 Å². The van der Waals surface area contributed by atoms with E-state index in [1.165, 1.54) is 21.3 Å². The summed E-state index contributed by atoms with van der Waals surface area (Å²) in [4.78, 5) is 52.4. The number of ether oxygens (including phenoxy) is 3. The van der Waals surface area contributed by atoms with E-state index in [0.29, 0.717) is 53.4 Å². The number of benzene rings is 3. The van der Waals surface area contributed by atoms with Gasteiger partial charge in [-0.25, -0.2) is 15.0 Å². The standard InChI is InChI=1S/3C20H21N3O3.Fe/c3*1-12(2)8-9-14-6-5-7-16-15(11-21-18(14)16)10-17-19(26-4)22-13(3)20(24)23(17)25;/h3*5-9,11,21,25H,1,10H2,2-4H3;/p+3/b3*9-8+;. The van der Waals surface area contributed by atoms with Crippen LogP contribution in [-0.2, 0) is 36.3 Å². The zero-order valence-corrected chi connectivity index (χ0v) is 46.7. The van der Waals surface area contributed by atoms with Crippen molar-refractivity contribution in [3.63, 3.8) is 0 Å². The zero-order valence-electron chi connectivity index (χ0n) is 45.6. The SMILES string of the molecule is C=C(C)/C=C/c1cccc2c(Cc3c(OC)nc(C)c(=[OH+])n3O)c[nH]c12.C=C(C)/C=C/c1cccc2c(Cc3c(OC)nc(C)c(=[OH+])n3O)c[nH]c12.C=C(C)/C=C/c1cccc2c(Cc3c(OC)nc(C)c(=[OH+])n3O)c[nH]c12.[Fe]. The van der Waals surface area contributed by atoms with Crippen molar-refractivity contribution in [2.75, 3.05) is 21.3 Å². The molecule has 0 fully saturated rings. The number of fused-ring (bicyclic) bond motifs is 3. The molecule has 79 heavy (non-hydrogen) atoms. The maximum atomic E-state index is 10.3. The fraction of sp³-hybridized carbons (Fsp3) is 0.200. The molecule has 6 heterocycles. The number of methoxy groups -OCH3 is 3. The van der Waals surface area contributed by atoms with Gasteiger partial charge in [0.2, 0.25) is 17.6 Å². The molecule has 9 rings (SSSR count). The van der Waals surface area contributed by atoms with E-state index in [-0.39, 0.29) is 51.4 Å². The van der Waals surface area contributed by atoms with Gasteiger partial charge in [-0.15, -0.1) is 0 Å². The number of nitrogens with one attached hydrogen (secondary N) is 3. The molecule has 6 aromatic heterocycles. The van der Waals surface area contributed by atoms with Crippen LogP contribution in [0.4, 0.5) is 0 Å². The molecule has 0 bridgehead atoms. The topological polar surface area (TPSA) is 253 Å². The maximum Gasteiger partial charge on any atom is 0.475 e. The number of para-hydroxylation sites is 3. The van der Waals surface area contributed by atoms with Crippen molar-refractivity contribution in [1.82, 2.24) is 44.1 Å². The Morgan fingerprint density at radius 1 is 0.494 bits per heavy atom. The van der Waals surface area contributed by atoms with Gasteiger partial charge < -0.3 is 44.8 Å². The van der Waals surface area contributed by atoms with Crippen molar-refractivity contribution in [2.45, 2.75) is 60.8 Å². The number of aromatic nitrogens is 9. The molecule has 0 unspecified atom stereocenters. The Balaban J connectivity index is 0.000000190. The molecule has 9 aromatic rings. The van der Waals surface area contributed by atoms with E-state index in [4.69, 9.17) is 14.2 Å². The van der Waals surface area contributed by atoms with Gasteiger partial charge in [0.15, 0.2) is 17.1 Å². The third kappa shape index (κ3) is 13.1. The number of aryl methyl sites for hydroxylation is 3. The van der Waals surface area contributed by atoms with E-state index in [2.05, 4.69) is 49.6 Å². The first-order valence-corrected chi connectivity index (χ1v) is 24.7. The first-order chi connectivity index (χ1) is 37.3. The van der Waals surface area contributed by atoms with Crippen LogP contribution in [0.25, 0.3) is 50.9 Å². The monoisotopic (exact) mass is 1110 g/mol. The quantitative estimate of drug-likeness (QED) is 0.0247. The van der Waals surface area contributed by atoms with Crippen molar-refractivity contribution in [3.8, 4) is 17.6 Å². The fourth-order valence-electron chi connectivity index (χ4n) is 8.66. The molecular formula is C60H66FeN9O9+3. The van der Waals surface area contributed by atoms with E-state index >= 15 is 0 Å². The number of H-pyrrole nitrogens is 3. The number of nitrogens with zero attached hydrogens (tertiary/aromatic N) is 6. The summed E-state index contributed by atoms with van der Waals surface area (Å²) in [6.45, 7) is 22.3. The Bertz CT molecular complexity index is 3640. The molecule has 0 saturated heterocycles. The third-order valence-electron chi connectivity index (χ3n) is 12.7. The molecule has 410 valence electrons. The number of aromatic amines is 3. The average molecular weight is 1110 g/mol. The van der Waals surface area contributed by atoms with E-state index in [9.17, 15) is 30.0 Å². The van der Waals surface area contributed by atoms with Crippen molar-refractivity contribution in [2.24, 2.45) is 0 Å². The summed E-state index contributed by atoms with van der Waals surface area (Å²) in [5.41, 5.74) is 13.0. The summed E-state index contributed by atoms with van der Waals surface area (Å²) < 4.78 is 18.0. The van der Waals surface area contributed by atoms with Gasteiger partial charge in [-0.3, -0.25) is 14.4 Å². The summed E-state index contributed by atoms with van der Waals surface area (Å²) in [6.07, 6.45) is 18.6. The maximum absolute atomic E-state index is 10.3. The third-order valence-corrected chi connectivity index (χ3v) is 12.7. The summed E-state index contributed by atoms with van der Waals surface area (Å²) in [7, 11) is 4.45. The Labute approximate surface area is 466 Å². The smallest absolute Gasteiger partial charge is 0.475 e. The molecule has 3 aromatic carbocycles. The van der Waals surface area contributed by atoms with Gasteiger partial charge in [0.25, 0.3) is 0 Å². The van der Waals surface area contributed by atoms with Crippen LogP contribution in [0.5, 0.6) is 17.6 Å². The van der Waals surface area contributed by atoms with Gasteiger partial charge in [0.1, 0.15) is 17.1 Å². The van der Waals surface area contributed by atoms with Crippen LogP contribution in [0.3, 0.4) is 0 Å². The Kier molecular flexibility index (Phi) is 19.2. The minimum absolute atomic E-state index is 0.